The number of hydrogen-bond acceptors (Lipinski definition) is 7. The summed E-state index contributed by atoms with van der Waals surface area (Å²) in [6, 6.07) is 79.8. The fourth-order valence-electron chi connectivity index (χ4n) is 11.0. The molecule has 10 aromatic carbocycles. The van der Waals surface area contributed by atoms with Crippen molar-refractivity contribution >= 4 is 61.5 Å². The number of hydrogen-bond donors (Lipinski definition) is 2. The average molecular weight is 924 g/mol. The zero-order valence-electron chi connectivity index (χ0n) is 38.7. The van der Waals surface area contributed by atoms with Gasteiger partial charge in [0.15, 0.2) is 17.5 Å². The third-order valence-corrected chi connectivity index (χ3v) is 14.4. The predicted molar refractivity (Wildman–Crippen MR) is 291 cm³/mol. The molecule has 0 amide bonds. The number of aromatic nitrogens is 3. The Bertz CT molecular complexity index is 4090. The number of furan rings is 2. The summed E-state index contributed by atoms with van der Waals surface area (Å²) in [4.78, 5) is 15.4. The summed E-state index contributed by atoms with van der Waals surface area (Å²) >= 11 is 0. The summed E-state index contributed by atoms with van der Waals surface area (Å²) in [5.74, 6) is 1.54. The lowest BCUT2D eigenvalue weighted by atomic mass is 9.67. The van der Waals surface area contributed by atoms with E-state index in [0.717, 1.165) is 94.2 Å². The molecule has 14 rings (SSSR count). The van der Waals surface area contributed by atoms with Crippen molar-refractivity contribution in [3.63, 3.8) is 0 Å². The van der Waals surface area contributed by atoms with E-state index < -0.39 is 5.41 Å². The van der Waals surface area contributed by atoms with Crippen LogP contribution >= 0.6 is 0 Å². The molecule has 0 atom stereocenters. The topological polar surface area (TPSA) is 101 Å². The van der Waals surface area contributed by atoms with Gasteiger partial charge < -0.3 is 19.6 Å². The molecule has 7 heteroatoms. The molecule has 72 heavy (non-hydrogen) atoms. The van der Waals surface area contributed by atoms with E-state index in [4.69, 9.17) is 29.2 Å². The van der Waals surface area contributed by atoms with E-state index in [1.165, 1.54) is 34.0 Å². The minimum absolute atomic E-state index is 0.505. The molecule has 0 unspecified atom stereocenters. The molecule has 3 aromatic heterocycles. The molecular formula is C65H41N5O2. The summed E-state index contributed by atoms with van der Waals surface area (Å²) in [5, 5.41) is 16.3. The third-order valence-electron chi connectivity index (χ3n) is 14.4. The molecule has 1 aliphatic carbocycles. The highest BCUT2D eigenvalue weighted by Gasteiger charge is 2.46. The second kappa shape index (κ2) is 16.5. The molecular weight excluding hydrogens is 883 g/mol. The standard InChI is InChI=1S/C65H41N5O2/c66-39-43-38-45(65(44-14-2-1-3-15-44)55-24-8-4-16-47(55)48-17-5-9-25-56(48)65)34-37-57(43)67-46-35-32-41(33-36-46)40-28-30-42(31-29-40)62-68-63(53-22-12-20-51-49-18-6-10-26-58(49)71-60(51)53)70-64(69-62)54-23-13-21-52-50-19-7-11-27-59(50)72-61(52)54/h1-39,66-67H. The fourth-order valence-corrected chi connectivity index (χ4v) is 11.0. The lowest BCUT2D eigenvalue weighted by Crippen LogP contribution is -2.28. The first-order valence-corrected chi connectivity index (χ1v) is 24.1. The number of rotatable bonds is 9. The molecule has 0 radical (unpaired) electrons. The van der Waals surface area contributed by atoms with Gasteiger partial charge in [-0.25, -0.2) is 15.0 Å². The summed E-state index contributed by atoms with van der Waals surface area (Å²) in [6.07, 6.45) is 1.45. The van der Waals surface area contributed by atoms with E-state index in [1.54, 1.807) is 0 Å². The maximum atomic E-state index is 8.63. The lowest BCUT2D eigenvalue weighted by Gasteiger charge is -2.34. The van der Waals surface area contributed by atoms with Crippen molar-refractivity contribution < 1.29 is 8.83 Å². The zero-order valence-corrected chi connectivity index (χ0v) is 38.7. The van der Waals surface area contributed by atoms with E-state index in [9.17, 15) is 0 Å². The van der Waals surface area contributed by atoms with Gasteiger partial charge >= 0.3 is 0 Å². The van der Waals surface area contributed by atoms with Gasteiger partial charge in [0.25, 0.3) is 0 Å². The molecule has 0 saturated carbocycles. The maximum absolute atomic E-state index is 8.63. The monoisotopic (exact) mass is 923 g/mol. The van der Waals surface area contributed by atoms with E-state index in [0.29, 0.717) is 17.5 Å². The van der Waals surface area contributed by atoms with E-state index in [2.05, 4.69) is 175 Å². The van der Waals surface area contributed by atoms with Crippen LogP contribution in [0.15, 0.2) is 239 Å². The zero-order chi connectivity index (χ0) is 47.8. The molecule has 338 valence electrons. The Morgan fingerprint density at radius 3 is 1.44 bits per heavy atom. The van der Waals surface area contributed by atoms with E-state index in [1.807, 2.05) is 60.7 Å². The second-order valence-electron chi connectivity index (χ2n) is 18.3. The Kier molecular flexibility index (Phi) is 9.44. The molecule has 3 heterocycles. The van der Waals surface area contributed by atoms with Gasteiger partial charge in [-0.1, -0.05) is 182 Å². The minimum Gasteiger partial charge on any atom is -0.455 e. The molecule has 0 saturated heterocycles. The number of anilines is 2. The summed E-state index contributed by atoms with van der Waals surface area (Å²) in [7, 11) is 0. The summed E-state index contributed by atoms with van der Waals surface area (Å²) in [5.41, 5.74) is 16.9. The van der Waals surface area contributed by atoms with Crippen LogP contribution in [0.25, 0.3) is 100 Å². The number of nitrogens with one attached hydrogen (secondary N) is 2. The van der Waals surface area contributed by atoms with Gasteiger partial charge in [0.05, 0.1) is 16.5 Å². The average Bonchev–Trinajstić information content (AvgIpc) is 4.12. The van der Waals surface area contributed by atoms with Gasteiger partial charge in [-0.2, -0.15) is 0 Å². The van der Waals surface area contributed by atoms with Crippen LogP contribution in [0.5, 0.6) is 0 Å². The van der Waals surface area contributed by atoms with Gasteiger partial charge in [0.2, 0.25) is 0 Å². The van der Waals surface area contributed by atoms with Gasteiger partial charge in [-0.15, -0.1) is 0 Å². The molecule has 0 bridgehead atoms. The van der Waals surface area contributed by atoms with Crippen LogP contribution in [-0.2, 0) is 5.41 Å². The van der Waals surface area contributed by atoms with Crippen molar-refractivity contribution in [1.82, 2.24) is 15.0 Å². The van der Waals surface area contributed by atoms with Crippen molar-refractivity contribution in [2.75, 3.05) is 5.32 Å². The van der Waals surface area contributed by atoms with Crippen LogP contribution in [0.2, 0.25) is 0 Å². The Morgan fingerprint density at radius 1 is 0.389 bits per heavy atom. The van der Waals surface area contributed by atoms with Crippen LogP contribution in [0.4, 0.5) is 11.4 Å². The van der Waals surface area contributed by atoms with Crippen molar-refractivity contribution in [1.29, 1.82) is 5.41 Å². The van der Waals surface area contributed by atoms with Crippen LogP contribution in [0.1, 0.15) is 27.8 Å². The second-order valence-corrected chi connectivity index (χ2v) is 18.3. The molecule has 0 spiro atoms. The largest absolute Gasteiger partial charge is 0.455 e. The molecule has 0 fully saturated rings. The normalized spacial score (nSPS) is 12.6. The quantitative estimate of drug-likeness (QED) is 0.140. The first-order valence-electron chi connectivity index (χ1n) is 24.1. The van der Waals surface area contributed by atoms with Crippen molar-refractivity contribution in [3.8, 4) is 56.4 Å². The molecule has 2 N–H and O–H groups in total. The van der Waals surface area contributed by atoms with Gasteiger partial charge in [-0.3, -0.25) is 0 Å². The van der Waals surface area contributed by atoms with Crippen molar-refractivity contribution in [2.24, 2.45) is 0 Å². The van der Waals surface area contributed by atoms with Crippen LogP contribution < -0.4 is 5.32 Å². The van der Waals surface area contributed by atoms with Crippen LogP contribution in [0.3, 0.4) is 0 Å². The lowest BCUT2D eigenvalue weighted by molar-refractivity contribution is 0.669. The van der Waals surface area contributed by atoms with E-state index >= 15 is 0 Å². The Balaban J connectivity index is 0.797. The minimum atomic E-state index is -0.537. The number of fused-ring (bicyclic) bond motifs is 9. The highest BCUT2D eigenvalue weighted by molar-refractivity contribution is 6.10. The molecule has 1 aliphatic rings. The molecule has 13 aromatic rings. The van der Waals surface area contributed by atoms with Crippen molar-refractivity contribution in [2.45, 2.75) is 5.41 Å². The van der Waals surface area contributed by atoms with E-state index in [-0.39, 0.29) is 0 Å². The molecule has 7 nitrogen and oxygen atoms in total. The van der Waals surface area contributed by atoms with Crippen LogP contribution in [0, 0.1) is 5.41 Å². The fraction of sp³-hybridized carbons (Fsp3) is 0.0154. The van der Waals surface area contributed by atoms with Gasteiger partial charge in [0, 0.05) is 50.3 Å². The Hall–Kier alpha value is -9.72. The third kappa shape index (κ3) is 6.45. The first kappa shape index (κ1) is 41.3. The highest BCUT2D eigenvalue weighted by Crippen LogP contribution is 2.56. The van der Waals surface area contributed by atoms with Crippen LogP contribution in [-0.4, -0.2) is 21.2 Å². The SMILES string of the molecule is N=Cc1cc(C2(c3ccccc3)c3ccccc3-c3ccccc32)ccc1Nc1ccc(-c2ccc(-c3nc(-c4cccc5c4oc4ccccc45)nc(-c4cccc5c4oc4ccccc45)n3)cc2)cc1. The van der Waals surface area contributed by atoms with Crippen molar-refractivity contribution in [3.05, 3.63) is 258 Å². The van der Waals surface area contributed by atoms with Gasteiger partial charge in [0.1, 0.15) is 22.3 Å². The summed E-state index contributed by atoms with van der Waals surface area (Å²) < 4.78 is 13.0. The summed E-state index contributed by atoms with van der Waals surface area (Å²) in [6.45, 7) is 0. The number of benzene rings is 10. The van der Waals surface area contributed by atoms with Gasteiger partial charge in [-0.05, 0) is 93.0 Å². The first-order chi connectivity index (χ1) is 35.6. The highest BCUT2D eigenvalue weighted by atomic mass is 16.3. The molecule has 0 aliphatic heterocycles. The Labute approximate surface area is 414 Å². The predicted octanol–water partition coefficient (Wildman–Crippen LogP) is 16.4. The number of nitrogens with zero attached hydrogens (tertiary/aromatic N) is 3. The smallest absolute Gasteiger partial charge is 0.167 e. The number of para-hydroxylation sites is 4. The Morgan fingerprint density at radius 2 is 0.861 bits per heavy atom. The maximum Gasteiger partial charge on any atom is 0.167 e.